The summed E-state index contributed by atoms with van der Waals surface area (Å²) >= 11 is 0. The average molecular weight is 313 g/mol. The van der Waals surface area contributed by atoms with Gasteiger partial charge in [-0.15, -0.1) is 0 Å². The summed E-state index contributed by atoms with van der Waals surface area (Å²) in [6.07, 6.45) is 1.54. The number of ether oxygens (including phenoxy) is 1. The number of methoxy groups -OCH3 is 1. The zero-order chi connectivity index (χ0) is 16.8. The third-order valence-corrected chi connectivity index (χ3v) is 3.26. The first-order chi connectivity index (χ1) is 11.0. The van der Waals surface area contributed by atoms with Crippen molar-refractivity contribution in [3.8, 4) is 5.88 Å². The molecule has 0 aliphatic heterocycles. The number of hydrogen-bond donors (Lipinski definition) is 1. The van der Waals surface area contributed by atoms with E-state index < -0.39 is 0 Å². The van der Waals surface area contributed by atoms with Gasteiger partial charge in [0, 0.05) is 18.9 Å². The molecule has 0 unspecified atom stereocenters. The molecule has 120 valence electrons. The number of likely N-dealkylation sites (N-methyl/N-ethyl adjacent to an activating group) is 1. The SMILES string of the molecule is COc1ncccc1C(=O)N(C)CC(=O)Nc1ccc(C)cc1. The van der Waals surface area contributed by atoms with Gasteiger partial charge in [-0.1, -0.05) is 17.7 Å². The molecule has 1 aromatic heterocycles. The molecule has 2 aromatic rings. The fourth-order valence-corrected chi connectivity index (χ4v) is 2.05. The van der Waals surface area contributed by atoms with E-state index in [2.05, 4.69) is 10.3 Å². The Kier molecular flexibility index (Phi) is 5.30. The molecule has 1 N–H and O–H groups in total. The molecule has 6 heteroatoms. The summed E-state index contributed by atoms with van der Waals surface area (Å²) in [7, 11) is 3.01. The van der Waals surface area contributed by atoms with Crippen molar-refractivity contribution in [2.24, 2.45) is 0 Å². The van der Waals surface area contributed by atoms with Crippen LogP contribution in [0.25, 0.3) is 0 Å². The van der Waals surface area contributed by atoms with Gasteiger partial charge in [-0.05, 0) is 31.2 Å². The fraction of sp³-hybridized carbons (Fsp3) is 0.235. The van der Waals surface area contributed by atoms with Crippen LogP contribution in [0.5, 0.6) is 5.88 Å². The number of aromatic nitrogens is 1. The number of aryl methyl sites for hydroxylation is 1. The lowest BCUT2D eigenvalue weighted by atomic mass is 10.2. The Morgan fingerprint density at radius 1 is 1.22 bits per heavy atom. The van der Waals surface area contributed by atoms with Gasteiger partial charge >= 0.3 is 0 Å². The minimum Gasteiger partial charge on any atom is -0.480 e. The topological polar surface area (TPSA) is 71.5 Å². The molecule has 2 rings (SSSR count). The monoisotopic (exact) mass is 313 g/mol. The summed E-state index contributed by atoms with van der Waals surface area (Å²) in [4.78, 5) is 29.7. The molecule has 1 heterocycles. The van der Waals surface area contributed by atoms with Crippen LogP contribution in [-0.4, -0.2) is 42.4 Å². The molecule has 1 aromatic carbocycles. The minimum absolute atomic E-state index is 0.0647. The Morgan fingerprint density at radius 2 is 1.91 bits per heavy atom. The van der Waals surface area contributed by atoms with Crippen LogP contribution in [-0.2, 0) is 4.79 Å². The number of nitrogens with one attached hydrogen (secondary N) is 1. The molecule has 2 amide bonds. The van der Waals surface area contributed by atoms with Crippen molar-refractivity contribution < 1.29 is 14.3 Å². The zero-order valence-electron chi connectivity index (χ0n) is 13.4. The molecular weight excluding hydrogens is 294 g/mol. The molecule has 0 atom stereocenters. The van der Waals surface area contributed by atoms with E-state index in [1.54, 1.807) is 25.4 Å². The van der Waals surface area contributed by atoms with Gasteiger partial charge in [-0.3, -0.25) is 9.59 Å². The highest BCUT2D eigenvalue weighted by Crippen LogP contribution is 2.15. The van der Waals surface area contributed by atoms with Crippen LogP contribution in [0.4, 0.5) is 5.69 Å². The van der Waals surface area contributed by atoms with Crippen LogP contribution in [0.1, 0.15) is 15.9 Å². The third kappa shape index (κ3) is 4.29. The molecular formula is C17H19N3O3. The number of amides is 2. The second-order valence-corrected chi connectivity index (χ2v) is 5.14. The van der Waals surface area contributed by atoms with E-state index in [0.717, 1.165) is 5.56 Å². The first-order valence-electron chi connectivity index (χ1n) is 7.12. The van der Waals surface area contributed by atoms with Gasteiger partial charge < -0.3 is 15.0 Å². The lowest BCUT2D eigenvalue weighted by Crippen LogP contribution is -2.35. The lowest BCUT2D eigenvalue weighted by molar-refractivity contribution is -0.116. The second kappa shape index (κ2) is 7.40. The third-order valence-electron chi connectivity index (χ3n) is 3.26. The van der Waals surface area contributed by atoms with Crippen LogP contribution in [0, 0.1) is 6.92 Å². The number of hydrogen-bond acceptors (Lipinski definition) is 4. The molecule has 0 aliphatic rings. The van der Waals surface area contributed by atoms with Gasteiger partial charge in [0.15, 0.2) is 0 Å². The van der Waals surface area contributed by atoms with Crippen molar-refractivity contribution >= 4 is 17.5 Å². The molecule has 0 fully saturated rings. The Labute approximate surface area is 135 Å². The van der Waals surface area contributed by atoms with Crippen molar-refractivity contribution in [1.29, 1.82) is 0 Å². The van der Waals surface area contributed by atoms with Crippen molar-refractivity contribution in [3.05, 3.63) is 53.7 Å². The van der Waals surface area contributed by atoms with E-state index in [4.69, 9.17) is 4.74 Å². The highest BCUT2D eigenvalue weighted by atomic mass is 16.5. The van der Waals surface area contributed by atoms with Gasteiger partial charge in [0.05, 0.1) is 13.7 Å². The summed E-state index contributed by atoms with van der Waals surface area (Å²) in [5, 5.41) is 2.76. The van der Waals surface area contributed by atoms with E-state index >= 15 is 0 Å². The van der Waals surface area contributed by atoms with Gasteiger partial charge in [-0.25, -0.2) is 4.98 Å². The smallest absolute Gasteiger partial charge is 0.259 e. The van der Waals surface area contributed by atoms with Crippen LogP contribution < -0.4 is 10.1 Å². The van der Waals surface area contributed by atoms with Gasteiger partial charge in [-0.2, -0.15) is 0 Å². The molecule has 0 spiro atoms. The normalized spacial score (nSPS) is 10.0. The summed E-state index contributed by atoms with van der Waals surface area (Å²) < 4.78 is 5.07. The van der Waals surface area contributed by atoms with Crippen LogP contribution in [0.2, 0.25) is 0 Å². The second-order valence-electron chi connectivity index (χ2n) is 5.14. The number of nitrogens with zero attached hydrogens (tertiary/aromatic N) is 2. The minimum atomic E-state index is -0.325. The molecule has 0 saturated carbocycles. The standard InChI is InChI=1S/C17H19N3O3/c1-12-6-8-13(9-7-12)19-15(21)11-20(2)17(22)14-5-4-10-18-16(14)23-3/h4-10H,11H2,1-3H3,(H,19,21). The van der Waals surface area contributed by atoms with E-state index in [1.807, 2.05) is 31.2 Å². The van der Waals surface area contributed by atoms with Crippen LogP contribution >= 0.6 is 0 Å². The molecule has 0 saturated heterocycles. The van der Waals surface area contributed by atoms with Crippen LogP contribution in [0.3, 0.4) is 0 Å². The van der Waals surface area contributed by atoms with Gasteiger partial charge in [0.2, 0.25) is 11.8 Å². The van der Waals surface area contributed by atoms with Crippen molar-refractivity contribution in [2.45, 2.75) is 6.92 Å². The first kappa shape index (κ1) is 16.5. The molecule has 0 aliphatic carbocycles. The Morgan fingerprint density at radius 3 is 2.57 bits per heavy atom. The van der Waals surface area contributed by atoms with E-state index in [0.29, 0.717) is 11.3 Å². The maximum absolute atomic E-state index is 12.4. The maximum Gasteiger partial charge on any atom is 0.259 e. The Bertz CT molecular complexity index is 698. The summed E-state index contributed by atoms with van der Waals surface area (Å²) in [6.45, 7) is 1.91. The number of pyridine rings is 1. The molecule has 23 heavy (non-hydrogen) atoms. The highest BCUT2D eigenvalue weighted by molar-refractivity contribution is 6.00. The Hall–Kier alpha value is -2.89. The summed E-state index contributed by atoms with van der Waals surface area (Å²) in [6, 6.07) is 10.7. The number of carbonyl (C=O) groups is 2. The zero-order valence-corrected chi connectivity index (χ0v) is 13.4. The lowest BCUT2D eigenvalue weighted by Gasteiger charge is -2.17. The van der Waals surface area contributed by atoms with E-state index in [-0.39, 0.29) is 24.2 Å². The summed E-state index contributed by atoms with van der Waals surface area (Å²) in [5.74, 6) is -0.357. The molecule has 0 radical (unpaired) electrons. The van der Waals surface area contributed by atoms with Gasteiger partial charge in [0.25, 0.3) is 5.91 Å². The maximum atomic E-state index is 12.4. The number of carbonyl (C=O) groups excluding carboxylic acids is 2. The first-order valence-corrected chi connectivity index (χ1v) is 7.12. The fourth-order valence-electron chi connectivity index (χ4n) is 2.05. The molecule has 0 bridgehead atoms. The predicted octanol–water partition coefficient (Wildman–Crippen LogP) is 2.11. The molecule has 6 nitrogen and oxygen atoms in total. The van der Waals surface area contributed by atoms with Crippen molar-refractivity contribution in [1.82, 2.24) is 9.88 Å². The predicted molar refractivity (Wildman–Crippen MR) is 87.6 cm³/mol. The number of anilines is 1. The number of rotatable bonds is 5. The van der Waals surface area contributed by atoms with Crippen molar-refractivity contribution in [2.75, 3.05) is 26.0 Å². The van der Waals surface area contributed by atoms with E-state index in [1.165, 1.54) is 12.0 Å². The quantitative estimate of drug-likeness (QED) is 0.917. The Balaban J connectivity index is 2.00. The number of benzene rings is 1. The van der Waals surface area contributed by atoms with Gasteiger partial charge in [0.1, 0.15) is 5.56 Å². The van der Waals surface area contributed by atoms with E-state index in [9.17, 15) is 9.59 Å². The highest BCUT2D eigenvalue weighted by Gasteiger charge is 2.19. The largest absolute Gasteiger partial charge is 0.480 e. The summed E-state index contributed by atoms with van der Waals surface area (Å²) in [5.41, 5.74) is 2.13. The van der Waals surface area contributed by atoms with Crippen molar-refractivity contribution in [3.63, 3.8) is 0 Å². The van der Waals surface area contributed by atoms with Crippen LogP contribution in [0.15, 0.2) is 42.6 Å². The average Bonchev–Trinajstić information content (AvgIpc) is 2.56.